The van der Waals surface area contributed by atoms with Gasteiger partial charge in [-0.3, -0.25) is 4.79 Å². The van der Waals surface area contributed by atoms with Crippen LogP contribution < -0.4 is 15.4 Å². The Morgan fingerprint density at radius 1 is 1.26 bits per heavy atom. The lowest BCUT2D eigenvalue weighted by Crippen LogP contribution is -2.36. The molecule has 106 valence electrons. The van der Waals surface area contributed by atoms with Crippen molar-refractivity contribution in [1.29, 1.82) is 0 Å². The van der Waals surface area contributed by atoms with Crippen molar-refractivity contribution in [3.63, 3.8) is 0 Å². The second kappa shape index (κ2) is 9.39. The monoisotopic (exact) mass is 264 g/mol. The van der Waals surface area contributed by atoms with Crippen LogP contribution >= 0.6 is 0 Å². The molecule has 19 heavy (non-hydrogen) atoms. The number of hydrogen-bond donors (Lipinski definition) is 2. The zero-order valence-corrected chi connectivity index (χ0v) is 11.8. The number of carbonyl (C=O) groups is 1. The molecule has 0 aliphatic heterocycles. The highest BCUT2D eigenvalue weighted by molar-refractivity contribution is 5.77. The van der Waals surface area contributed by atoms with Crippen molar-refractivity contribution < 1.29 is 9.53 Å². The van der Waals surface area contributed by atoms with E-state index in [1.54, 1.807) is 0 Å². The molecule has 0 aliphatic carbocycles. The molecule has 0 atom stereocenters. The minimum Gasteiger partial charge on any atom is -0.494 e. The van der Waals surface area contributed by atoms with Gasteiger partial charge in [-0.1, -0.05) is 32.0 Å². The van der Waals surface area contributed by atoms with Crippen LogP contribution in [0.5, 0.6) is 5.75 Å². The molecule has 0 saturated heterocycles. The fourth-order valence-electron chi connectivity index (χ4n) is 1.49. The smallest absolute Gasteiger partial charge is 0.233 e. The summed E-state index contributed by atoms with van der Waals surface area (Å²) in [7, 11) is 0. The summed E-state index contributed by atoms with van der Waals surface area (Å²) in [4.78, 5) is 11.4. The quantitative estimate of drug-likeness (QED) is 0.669. The second-order valence-corrected chi connectivity index (χ2v) is 4.89. The van der Waals surface area contributed by atoms with Crippen LogP contribution in [-0.2, 0) is 4.79 Å². The Bertz CT molecular complexity index is 352. The molecule has 2 N–H and O–H groups in total. The molecular formula is C15H24N2O2. The molecule has 1 aromatic rings. The number of para-hydroxylation sites is 1. The van der Waals surface area contributed by atoms with Crippen LogP contribution in [0.4, 0.5) is 0 Å². The molecule has 1 aromatic carbocycles. The Balaban J connectivity index is 1.95. The number of ether oxygens (including phenoxy) is 1. The summed E-state index contributed by atoms with van der Waals surface area (Å²) in [5, 5.41) is 5.97. The standard InChI is InChI=1S/C15H24N2O2/c1-13(2)11-17-15(18)12-16-9-6-10-19-14-7-4-3-5-8-14/h3-5,7-8,13,16H,6,9-12H2,1-2H3,(H,17,18). The normalized spacial score (nSPS) is 10.5. The average Bonchev–Trinajstić information content (AvgIpc) is 2.41. The predicted octanol–water partition coefficient (Wildman–Crippen LogP) is 1.82. The SMILES string of the molecule is CC(C)CNC(=O)CNCCCOc1ccccc1. The molecule has 0 saturated carbocycles. The Kier molecular flexibility index (Phi) is 7.66. The molecule has 0 spiro atoms. The van der Waals surface area contributed by atoms with Crippen molar-refractivity contribution in [3.8, 4) is 5.75 Å². The van der Waals surface area contributed by atoms with E-state index in [9.17, 15) is 4.79 Å². The summed E-state index contributed by atoms with van der Waals surface area (Å²) in [5.74, 6) is 1.43. The van der Waals surface area contributed by atoms with Crippen molar-refractivity contribution in [1.82, 2.24) is 10.6 Å². The Morgan fingerprint density at radius 3 is 2.68 bits per heavy atom. The van der Waals surface area contributed by atoms with Gasteiger partial charge in [-0.25, -0.2) is 0 Å². The molecule has 0 aliphatic rings. The fourth-order valence-corrected chi connectivity index (χ4v) is 1.49. The lowest BCUT2D eigenvalue weighted by atomic mass is 10.2. The van der Waals surface area contributed by atoms with E-state index >= 15 is 0 Å². The van der Waals surface area contributed by atoms with Crippen LogP contribution in [0.25, 0.3) is 0 Å². The first-order chi connectivity index (χ1) is 9.18. The van der Waals surface area contributed by atoms with Gasteiger partial charge >= 0.3 is 0 Å². The van der Waals surface area contributed by atoms with E-state index in [0.717, 1.165) is 25.3 Å². The van der Waals surface area contributed by atoms with Crippen LogP contribution in [-0.4, -0.2) is 32.1 Å². The minimum absolute atomic E-state index is 0.0534. The van der Waals surface area contributed by atoms with Crippen molar-refractivity contribution in [2.24, 2.45) is 5.92 Å². The maximum Gasteiger partial charge on any atom is 0.233 e. The summed E-state index contributed by atoms with van der Waals surface area (Å²) < 4.78 is 5.55. The molecule has 0 radical (unpaired) electrons. The van der Waals surface area contributed by atoms with Gasteiger partial charge in [0.05, 0.1) is 13.2 Å². The maximum atomic E-state index is 11.4. The summed E-state index contributed by atoms with van der Waals surface area (Å²) >= 11 is 0. The third-order valence-electron chi connectivity index (χ3n) is 2.50. The first-order valence-corrected chi connectivity index (χ1v) is 6.83. The number of hydrogen-bond acceptors (Lipinski definition) is 3. The third kappa shape index (κ3) is 8.21. The van der Waals surface area contributed by atoms with E-state index in [2.05, 4.69) is 24.5 Å². The number of benzene rings is 1. The number of amides is 1. The lowest BCUT2D eigenvalue weighted by molar-refractivity contribution is -0.120. The summed E-state index contributed by atoms with van der Waals surface area (Å²) in [5.41, 5.74) is 0. The highest BCUT2D eigenvalue weighted by Gasteiger charge is 2.01. The van der Waals surface area contributed by atoms with E-state index in [-0.39, 0.29) is 5.91 Å². The van der Waals surface area contributed by atoms with E-state index in [1.807, 2.05) is 30.3 Å². The van der Waals surface area contributed by atoms with E-state index in [1.165, 1.54) is 0 Å². The summed E-state index contributed by atoms with van der Waals surface area (Å²) in [6, 6.07) is 9.74. The van der Waals surface area contributed by atoms with Gasteiger partial charge in [0, 0.05) is 6.54 Å². The van der Waals surface area contributed by atoms with Gasteiger partial charge in [0.1, 0.15) is 5.75 Å². The molecule has 1 amide bonds. The van der Waals surface area contributed by atoms with Gasteiger partial charge < -0.3 is 15.4 Å². The van der Waals surface area contributed by atoms with Crippen LogP contribution in [0.15, 0.2) is 30.3 Å². The Hall–Kier alpha value is -1.55. The van der Waals surface area contributed by atoms with Crippen LogP contribution in [0.3, 0.4) is 0 Å². The van der Waals surface area contributed by atoms with Crippen molar-refractivity contribution >= 4 is 5.91 Å². The van der Waals surface area contributed by atoms with Crippen LogP contribution in [0.1, 0.15) is 20.3 Å². The van der Waals surface area contributed by atoms with Gasteiger partial charge in [0.25, 0.3) is 0 Å². The molecule has 4 nitrogen and oxygen atoms in total. The van der Waals surface area contributed by atoms with Crippen LogP contribution in [0, 0.1) is 5.92 Å². The van der Waals surface area contributed by atoms with Gasteiger partial charge in [-0.05, 0) is 31.0 Å². The fraction of sp³-hybridized carbons (Fsp3) is 0.533. The predicted molar refractivity (Wildman–Crippen MR) is 77.3 cm³/mol. The molecule has 0 aromatic heterocycles. The number of nitrogens with one attached hydrogen (secondary N) is 2. The summed E-state index contributed by atoms with van der Waals surface area (Å²) in [6.45, 7) is 6.70. The molecule has 0 unspecified atom stereocenters. The molecular weight excluding hydrogens is 240 g/mol. The van der Waals surface area contributed by atoms with Crippen molar-refractivity contribution in [3.05, 3.63) is 30.3 Å². The second-order valence-electron chi connectivity index (χ2n) is 4.89. The first-order valence-electron chi connectivity index (χ1n) is 6.83. The highest BCUT2D eigenvalue weighted by Crippen LogP contribution is 2.07. The van der Waals surface area contributed by atoms with Gasteiger partial charge in [-0.15, -0.1) is 0 Å². The largest absolute Gasteiger partial charge is 0.494 e. The Labute approximate surface area is 115 Å². The van der Waals surface area contributed by atoms with E-state index in [0.29, 0.717) is 19.1 Å². The number of carbonyl (C=O) groups excluding carboxylic acids is 1. The van der Waals surface area contributed by atoms with E-state index in [4.69, 9.17) is 4.74 Å². The molecule has 0 heterocycles. The molecule has 0 fully saturated rings. The first kappa shape index (κ1) is 15.5. The molecule has 4 heteroatoms. The van der Waals surface area contributed by atoms with Gasteiger partial charge in [-0.2, -0.15) is 0 Å². The van der Waals surface area contributed by atoms with Crippen LogP contribution in [0.2, 0.25) is 0 Å². The topological polar surface area (TPSA) is 50.4 Å². The highest BCUT2D eigenvalue weighted by atomic mass is 16.5. The molecule has 0 bridgehead atoms. The van der Waals surface area contributed by atoms with Gasteiger partial charge in [0.2, 0.25) is 5.91 Å². The number of rotatable bonds is 9. The average molecular weight is 264 g/mol. The third-order valence-corrected chi connectivity index (χ3v) is 2.50. The van der Waals surface area contributed by atoms with Gasteiger partial charge in [0.15, 0.2) is 0 Å². The Morgan fingerprint density at radius 2 is 2.00 bits per heavy atom. The van der Waals surface area contributed by atoms with Crippen molar-refractivity contribution in [2.75, 3.05) is 26.2 Å². The minimum atomic E-state index is 0.0534. The molecule has 1 rings (SSSR count). The lowest BCUT2D eigenvalue weighted by Gasteiger charge is -2.09. The zero-order chi connectivity index (χ0) is 13.9. The van der Waals surface area contributed by atoms with E-state index < -0.39 is 0 Å². The maximum absolute atomic E-state index is 11.4. The van der Waals surface area contributed by atoms with Crippen molar-refractivity contribution in [2.45, 2.75) is 20.3 Å². The summed E-state index contributed by atoms with van der Waals surface area (Å²) in [6.07, 6.45) is 0.881. The zero-order valence-electron chi connectivity index (χ0n) is 11.8.